The molecule has 0 aliphatic rings. The van der Waals surface area contributed by atoms with E-state index in [-0.39, 0.29) is 5.91 Å². The summed E-state index contributed by atoms with van der Waals surface area (Å²) in [5.41, 5.74) is 6.33. The number of nitrogens with one attached hydrogen (secondary N) is 1. The molecule has 0 aliphatic carbocycles. The molecule has 0 unspecified atom stereocenters. The van der Waals surface area contributed by atoms with Crippen LogP contribution in [0.3, 0.4) is 0 Å². The highest BCUT2D eigenvalue weighted by Crippen LogP contribution is 2.16. The summed E-state index contributed by atoms with van der Waals surface area (Å²) in [7, 11) is 1.75. The van der Waals surface area contributed by atoms with Crippen LogP contribution in [0.5, 0.6) is 0 Å². The van der Waals surface area contributed by atoms with Crippen LogP contribution in [0.2, 0.25) is 0 Å². The predicted molar refractivity (Wildman–Crippen MR) is 69.6 cm³/mol. The summed E-state index contributed by atoms with van der Waals surface area (Å²) in [5.74, 6) is 0.505. The van der Waals surface area contributed by atoms with Crippen LogP contribution in [-0.2, 0) is 11.8 Å². The zero-order chi connectivity index (χ0) is 12.7. The van der Waals surface area contributed by atoms with Crippen molar-refractivity contribution in [3.05, 3.63) is 6.20 Å². The van der Waals surface area contributed by atoms with Crippen molar-refractivity contribution in [2.75, 3.05) is 11.1 Å². The summed E-state index contributed by atoms with van der Waals surface area (Å²) in [6.45, 7) is 2.18. The average Bonchev–Trinajstić information content (AvgIpc) is 2.61. The van der Waals surface area contributed by atoms with E-state index in [0.29, 0.717) is 17.9 Å². The molecule has 1 aromatic rings. The van der Waals surface area contributed by atoms with Crippen LogP contribution in [0.1, 0.15) is 45.4 Å². The summed E-state index contributed by atoms with van der Waals surface area (Å²) in [6, 6.07) is 0. The largest absolute Gasteiger partial charge is 0.382 e. The van der Waals surface area contributed by atoms with Gasteiger partial charge in [0.15, 0.2) is 0 Å². The highest BCUT2D eigenvalue weighted by atomic mass is 16.1. The Bertz CT molecular complexity index is 359. The summed E-state index contributed by atoms with van der Waals surface area (Å²) in [5, 5.41) is 6.74. The van der Waals surface area contributed by atoms with E-state index in [2.05, 4.69) is 17.3 Å². The van der Waals surface area contributed by atoms with E-state index < -0.39 is 0 Å². The number of hydrogen-bond donors (Lipinski definition) is 2. The fraction of sp³-hybridized carbons (Fsp3) is 0.667. The number of aryl methyl sites for hydroxylation is 1. The Hall–Kier alpha value is -1.52. The van der Waals surface area contributed by atoms with Gasteiger partial charge in [-0.05, 0) is 6.42 Å². The standard InChI is InChI=1S/C12H22N4O/c1-3-4-5-6-7-8-11(17)15-10-9-14-16(2)12(10)13/h9H,3-8,13H2,1-2H3,(H,15,17). The van der Waals surface area contributed by atoms with Gasteiger partial charge in [-0.2, -0.15) is 5.10 Å². The number of nitrogens with zero attached hydrogens (tertiary/aromatic N) is 2. The molecular weight excluding hydrogens is 216 g/mol. The topological polar surface area (TPSA) is 72.9 Å². The van der Waals surface area contributed by atoms with E-state index in [0.717, 1.165) is 12.8 Å². The highest BCUT2D eigenvalue weighted by molar-refractivity contribution is 5.93. The van der Waals surface area contributed by atoms with Gasteiger partial charge in [0.1, 0.15) is 11.5 Å². The summed E-state index contributed by atoms with van der Waals surface area (Å²) < 4.78 is 1.54. The summed E-state index contributed by atoms with van der Waals surface area (Å²) >= 11 is 0. The molecule has 5 heteroatoms. The van der Waals surface area contributed by atoms with Crippen LogP contribution in [-0.4, -0.2) is 15.7 Å². The Labute approximate surface area is 102 Å². The first-order valence-electron chi connectivity index (χ1n) is 6.22. The fourth-order valence-corrected chi connectivity index (χ4v) is 1.65. The molecule has 0 spiro atoms. The van der Waals surface area contributed by atoms with Crippen molar-refractivity contribution < 1.29 is 4.79 Å². The minimum atomic E-state index is 0.0150. The van der Waals surface area contributed by atoms with Gasteiger partial charge in [-0.15, -0.1) is 0 Å². The molecule has 17 heavy (non-hydrogen) atoms. The first-order valence-corrected chi connectivity index (χ1v) is 6.22. The van der Waals surface area contributed by atoms with E-state index >= 15 is 0 Å². The lowest BCUT2D eigenvalue weighted by Gasteiger charge is -2.04. The Morgan fingerprint density at radius 1 is 1.41 bits per heavy atom. The third-order valence-corrected chi connectivity index (χ3v) is 2.77. The van der Waals surface area contributed by atoms with Gasteiger partial charge in [-0.3, -0.25) is 9.48 Å². The second-order valence-corrected chi connectivity index (χ2v) is 4.28. The summed E-state index contributed by atoms with van der Waals surface area (Å²) in [4.78, 5) is 11.6. The molecule has 3 N–H and O–H groups in total. The maximum atomic E-state index is 11.6. The van der Waals surface area contributed by atoms with Crippen molar-refractivity contribution in [3.8, 4) is 0 Å². The van der Waals surface area contributed by atoms with Crippen molar-refractivity contribution in [2.45, 2.75) is 45.4 Å². The second kappa shape index (κ2) is 6.93. The minimum Gasteiger partial charge on any atom is -0.382 e. The number of hydrogen-bond acceptors (Lipinski definition) is 3. The number of carbonyl (C=O) groups is 1. The van der Waals surface area contributed by atoms with Gasteiger partial charge in [0.05, 0.1) is 6.20 Å². The normalized spacial score (nSPS) is 10.5. The molecule has 0 aliphatic heterocycles. The average molecular weight is 238 g/mol. The quantitative estimate of drug-likeness (QED) is 0.716. The van der Waals surface area contributed by atoms with Gasteiger partial charge in [0, 0.05) is 13.5 Å². The van der Waals surface area contributed by atoms with Crippen molar-refractivity contribution in [3.63, 3.8) is 0 Å². The molecule has 1 heterocycles. The maximum absolute atomic E-state index is 11.6. The molecule has 0 aromatic carbocycles. The molecule has 1 aromatic heterocycles. The Morgan fingerprint density at radius 2 is 2.12 bits per heavy atom. The molecule has 0 saturated carbocycles. The number of anilines is 2. The van der Waals surface area contributed by atoms with Crippen molar-refractivity contribution in [1.82, 2.24) is 9.78 Å². The molecular formula is C12H22N4O. The van der Waals surface area contributed by atoms with E-state index in [1.807, 2.05) is 0 Å². The lowest BCUT2D eigenvalue weighted by Crippen LogP contribution is -2.12. The summed E-state index contributed by atoms with van der Waals surface area (Å²) in [6.07, 6.45) is 7.85. The minimum absolute atomic E-state index is 0.0150. The predicted octanol–water partition coefficient (Wildman–Crippen LogP) is 2.30. The van der Waals surface area contributed by atoms with Crippen LogP contribution < -0.4 is 11.1 Å². The van der Waals surface area contributed by atoms with Gasteiger partial charge < -0.3 is 11.1 Å². The first-order chi connectivity index (χ1) is 8.15. The SMILES string of the molecule is CCCCCCCC(=O)Nc1cnn(C)c1N. The highest BCUT2D eigenvalue weighted by Gasteiger charge is 2.08. The number of unbranched alkanes of at least 4 members (excludes halogenated alkanes) is 4. The maximum Gasteiger partial charge on any atom is 0.224 e. The van der Waals surface area contributed by atoms with Crippen LogP contribution >= 0.6 is 0 Å². The Kier molecular flexibility index (Phi) is 5.52. The molecule has 1 rings (SSSR count). The third kappa shape index (κ3) is 4.46. The lowest BCUT2D eigenvalue weighted by atomic mass is 10.1. The van der Waals surface area contributed by atoms with Crippen LogP contribution in [0, 0.1) is 0 Å². The van der Waals surface area contributed by atoms with E-state index in [4.69, 9.17) is 5.73 Å². The zero-order valence-electron chi connectivity index (χ0n) is 10.7. The van der Waals surface area contributed by atoms with E-state index in [1.165, 1.54) is 23.9 Å². The molecule has 1 amide bonds. The number of aromatic nitrogens is 2. The van der Waals surface area contributed by atoms with Gasteiger partial charge in [-0.25, -0.2) is 0 Å². The van der Waals surface area contributed by atoms with E-state index in [9.17, 15) is 4.79 Å². The molecule has 96 valence electrons. The monoisotopic (exact) mass is 238 g/mol. The number of carbonyl (C=O) groups excluding carboxylic acids is 1. The van der Waals surface area contributed by atoms with Crippen molar-refractivity contribution in [1.29, 1.82) is 0 Å². The van der Waals surface area contributed by atoms with Gasteiger partial charge in [-0.1, -0.05) is 32.6 Å². The Morgan fingerprint density at radius 3 is 2.71 bits per heavy atom. The lowest BCUT2D eigenvalue weighted by molar-refractivity contribution is -0.116. The molecule has 0 saturated heterocycles. The van der Waals surface area contributed by atoms with Gasteiger partial charge >= 0.3 is 0 Å². The zero-order valence-corrected chi connectivity index (χ0v) is 10.7. The Balaban J connectivity index is 2.23. The second-order valence-electron chi connectivity index (χ2n) is 4.28. The number of rotatable bonds is 7. The molecule has 0 bridgehead atoms. The van der Waals surface area contributed by atoms with Gasteiger partial charge in [0.25, 0.3) is 0 Å². The first kappa shape index (κ1) is 13.5. The fourth-order valence-electron chi connectivity index (χ4n) is 1.65. The van der Waals surface area contributed by atoms with Crippen LogP contribution in [0.25, 0.3) is 0 Å². The number of nitrogen functional groups attached to an aromatic ring is 1. The van der Waals surface area contributed by atoms with Gasteiger partial charge in [0.2, 0.25) is 5.91 Å². The van der Waals surface area contributed by atoms with Crippen molar-refractivity contribution in [2.24, 2.45) is 7.05 Å². The molecule has 0 atom stereocenters. The van der Waals surface area contributed by atoms with Crippen molar-refractivity contribution >= 4 is 17.4 Å². The number of nitrogens with two attached hydrogens (primary N) is 1. The van der Waals surface area contributed by atoms with E-state index in [1.54, 1.807) is 13.2 Å². The molecule has 5 nitrogen and oxygen atoms in total. The third-order valence-electron chi connectivity index (χ3n) is 2.77. The smallest absolute Gasteiger partial charge is 0.224 e. The molecule has 0 radical (unpaired) electrons. The van der Waals surface area contributed by atoms with Crippen LogP contribution in [0.15, 0.2) is 6.20 Å². The number of amides is 1. The molecule has 0 fully saturated rings. The van der Waals surface area contributed by atoms with Crippen LogP contribution in [0.4, 0.5) is 11.5 Å².